The molecule has 2 amide bonds. The molecule has 0 saturated heterocycles. The molecule has 0 bridgehead atoms. The first-order chi connectivity index (χ1) is 11.0. The highest BCUT2D eigenvalue weighted by Crippen LogP contribution is 2.13. The number of nitrogens with one attached hydrogen (secondary N) is 1. The van der Waals surface area contributed by atoms with Crippen LogP contribution < -0.4 is 5.32 Å². The van der Waals surface area contributed by atoms with Gasteiger partial charge < -0.3 is 15.0 Å². The molecule has 0 heterocycles. The molecule has 0 aromatic heterocycles. The van der Waals surface area contributed by atoms with E-state index in [1.165, 1.54) is 4.90 Å². The number of hydrogen-bond acceptors (Lipinski definition) is 3. The van der Waals surface area contributed by atoms with Crippen molar-refractivity contribution >= 4 is 17.5 Å². The van der Waals surface area contributed by atoms with E-state index in [2.05, 4.69) is 5.32 Å². The van der Waals surface area contributed by atoms with Gasteiger partial charge in [0.2, 0.25) is 0 Å². The van der Waals surface area contributed by atoms with Gasteiger partial charge in [0.25, 0.3) is 11.8 Å². The van der Waals surface area contributed by atoms with E-state index >= 15 is 0 Å². The van der Waals surface area contributed by atoms with Gasteiger partial charge in [-0.1, -0.05) is 12.1 Å². The Labute approximate surface area is 135 Å². The van der Waals surface area contributed by atoms with Crippen LogP contribution in [0.4, 0.5) is 5.69 Å². The lowest BCUT2D eigenvalue weighted by molar-refractivity contribution is 0.0827. The standard InChI is InChI=1S/C18H20N2O3/c1-20(2)18(22)15-8-10-16(11-9-15)19-17(21)14-6-4-13(5-7-14)12-23-3/h4-11H,12H2,1-3H3,(H,19,21). The van der Waals surface area contributed by atoms with E-state index in [4.69, 9.17) is 4.74 Å². The zero-order valence-electron chi connectivity index (χ0n) is 13.5. The van der Waals surface area contributed by atoms with Crippen LogP contribution in [-0.4, -0.2) is 37.9 Å². The summed E-state index contributed by atoms with van der Waals surface area (Å²) in [6.45, 7) is 0.517. The van der Waals surface area contributed by atoms with Crippen molar-refractivity contribution in [2.75, 3.05) is 26.5 Å². The number of ether oxygens (including phenoxy) is 1. The van der Waals surface area contributed by atoms with Crippen LogP contribution in [0.15, 0.2) is 48.5 Å². The van der Waals surface area contributed by atoms with Crippen LogP contribution in [0.3, 0.4) is 0 Å². The molecule has 1 N–H and O–H groups in total. The Hall–Kier alpha value is -2.66. The van der Waals surface area contributed by atoms with E-state index in [0.29, 0.717) is 23.4 Å². The first-order valence-electron chi connectivity index (χ1n) is 7.22. The first-order valence-corrected chi connectivity index (χ1v) is 7.22. The van der Waals surface area contributed by atoms with E-state index in [-0.39, 0.29) is 11.8 Å². The summed E-state index contributed by atoms with van der Waals surface area (Å²) < 4.78 is 5.04. The Balaban J connectivity index is 2.03. The summed E-state index contributed by atoms with van der Waals surface area (Å²) in [5, 5.41) is 2.81. The maximum atomic E-state index is 12.2. The number of methoxy groups -OCH3 is 1. The molecule has 0 radical (unpaired) electrons. The van der Waals surface area contributed by atoms with Crippen molar-refractivity contribution in [2.45, 2.75) is 6.61 Å². The third kappa shape index (κ3) is 4.40. The highest BCUT2D eigenvalue weighted by atomic mass is 16.5. The summed E-state index contributed by atoms with van der Waals surface area (Å²) in [5.74, 6) is -0.266. The number of anilines is 1. The monoisotopic (exact) mass is 312 g/mol. The van der Waals surface area contributed by atoms with Crippen molar-refractivity contribution in [3.63, 3.8) is 0 Å². The third-order valence-corrected chi connectivity index (χ3v) is 3.32. The second kappa shape index (κ2) is 7.56. The molecular weight excluding hydrogens is 292 g/mol. The summed E-state index contributed by atoms with van der Waals surface area (Å²) in [6, 6.07) is 14.1. The van der Waals surface area contributed by atoms with Crippen LogP contribution in [0, 0.1) is 0 Å². The zero-order chi connectivity index (χ0) is 16.8. The third-order valence-electron chi connectivity index (χ3n) is 3.32. The molecule has 2 aromatic carbocycles. The molecule has 0 atom stereocenters. The molecule has 0 spiro atoms. The second-order valence-electron chi connectivity index (χ2n) is 5.36. The molecule has 120 valence electrons. The molecule has 0 aliphatic rings. The first kappa shape index (κ1) is 16.7. The van der Waals surface area contributed by atoms with Gasteiger partial charge in [-0.05, 0) is 42.0 Å². The number of amides is 2. The number of nitrogens with zero attached hydrogens (tertiary/aromatic N) is 1. The molecule has 0 unspecified atom stereocenters. The van der Waals surface area contributed by atoms with Gasteiger partial charge in [0.05, 0.1) is 6.61 Å². The number of carbonyl (C=O) groups excluding carboxylic acids is 2. The van der Waals surface area contributed by atoms with Crippen LogP contribution in [-0.2, 0) is 11.3 Å². The smallest absolute Gasteiger partial charge is 0.255 e. The van der Waals surface area contributed by atoms with E-state index in [0.717, 1.165) is 5.56 Å². The van der Waals surface area contributed by atoms with Crippen molar-refractivity contribution in [1.29, 1.82) is 0 Å². The Morgan fingerprint density at radius 2 is 1.52 bits per heavy atom. The molecule has 5 heteroatoms. The summed E-state index contributed by atoms with van der Waals surface area (Å²) in [6.07, 6.45) is 0. The summed E-state index contributed by atoms with van der Waals surface area (Å²) >= 11 is 0. The lowest BCUT2D eigenvalue weighted by Gasteiger charge is -2.11. The van der Waals surface area contributed by atoms with Gasteiger partial charge >= 0.3 is 0 Å². The van der Waals surface area contributed by atoms with E-state index in [1.54, 1.807) is 57.6 Å². The molecule has 0 fully saturated rings. The molecule has 0 aliphatic heterocycles. The number of benzene rings is 2. The van der Waals surface area contributed by atoms with Crippen molar-refractivity contribution in [3.8, 4) is 0 Å². The molecule has 23 heavy (non-hydrogen) atoms. The molecule has 5 nitrogen and oxygen atoms in total. The molecular formula is C18H20N2O3. The zero-order valence-corrected chi connectivity index (χ0v) is 13.5. The Morgan fingerprint density at radius 1 is 0.957 bits per heavy atom. The van der Waals surface area contributed by atoms with Gasteiger partial charge in [0.1, 0.15) is 0 Å². The minimum Gasteiger partial charge on any atom is -0.380 e. The second-order valence-corrected chi connectivity index (χ2v) is 5.36. The predicted molar refractivity (Wildman–Crippen MR) is 89.6 cm³/mol. The van der Waals surface area contributed by atoms with Crippen LogP contribution in [0.2, 0.25) is 0 Å². The topological polar surface area (TPSA) is 58.6 Å². The molecule has 0 saturated carbocycles. The van der Waals surface area contributed by atoms with Crippen molar-refractivity contribution < 1.29 is 14.3 Å². The number of rotatable bonds is 5. The van der Waals surface area contributed by atoms with E-state index < -0.39 is 0 Å². The fourth-order valence-corrected chi connectivity index (χ4v) is 2.08. The van der Waals surface area contributed by atoms with Crippen LogP contribution >= 0.6 is 0 Å². The number of carbonyl (C=O) groups is 2. The predicted octanol–water partition coefficient (Wildman–Crippen LogP) is 2.79. The quantitative estimate of drug-likeness (QED) is 0.923. The number of hydrogen-bond donors (Lipinski definition) is 1. The summed E-state index contributed by atoms with van der Waals surface area (Å²) in [5.41, 5.74) is 2.80. The van der Waals surface area contributed by atoms with Gasteiger partial charge in [-0.25, -0.2) is 0 Å². The minimum atomic E-state index is -0.194. The highest BCUT2D eigenvalue weighted by Gasteiger charge is 2.09. The van der Waals surface area contributed by atoms with Crippen LogP contribution in [0.25, 0.3) is 0 Å². The lowest BCUT2D eigenvalue weighted by Crippen LogP contribution is -2.21. The van der Waals surface area contributed by atoms with Crippen molar-refractivity contribution in [3.05, 3.63) is 65.2 Å². The highest BCUT2D eigenvalue weighted by molar-refractivity contribution is 6.04. The SMILES string of the molecule is COCc1ccc(C(=O)Nc2ccc(C(=O)N(C)C)cc2)cc1. The van der Waals surface area contributed by atoms with Gasteiger partial charge in [0.15, 0.2) is 0 Å². The minimum absolute atomic E-state index is 0.0726. The van der Waals surface area contributed by atoms with Crippen LogP contribution in [0.1, 0.15) is 26.3 Å². The van der Waals surface area contributed by atoms with Crippen LogP contribution in [0.5, 0.6) is 0 Å². The van der Waals surface area contributed by atoms with Gasteiger partial charge in [0, 0.05) is 38.0 Å². The lowest BCUT2D eigenvalue weighted by atomic mass is 10.1. The Kier molecular flexibility index (Phi) is 5.49. The molecule has 2 aromatic rings. The fourth-order valence-electron chi connectivity index (χ4n) is 2.08. The molecule has 0 aliphatic carbocycles. The maximum absolute atomic E-state index is 12.2. The fraction of sp³-hybridized carbons (Fsp3) is 0.222. The average molecular weight is 312 g/mol. The van der Waals surface area contributed by atoms with E-state index in [1.807, 2.05) is 12.1 Å². The van der Waals surface area contributed by atoms with E-state index in [9.17, 15) is 9.59 Å². The van der Waals surface area contributed by atoms with Crippen molar-refractivity contribution in [2.24, 2.45) is 0 Å². The van der Waals surface area contributed by atoms with Gasteiger partial charge in [-0.2, -0.15) is 0 Å². The van der Waals surface area contributed by atoms with Gasteiger partial charge in [-0.3, -0.25) is 9.59 Å². The Bertz CT molecular complexity index is 676. The van der Waals surface area contributed by atoms with Crippen molar-refractivity contribution in [1.82, 2.24) is 4.90 Å². The largest absolute Gasteiger partial charge is 0.380 e. The Morgan fingerprint density at radius 3 is 2.04 bits per heavy atom. The summed E-state index contributed by atoms with van der Waals surface area (Å²) in [7, 11) is 5.03. The normalized spacial score (nSPS) is 10.2. The average Bonchev–Trinajstić information content (AvgIpc) is 2.55. The molecule has 2 rings (SSSR count). The van der Waals surface area contributed by atoms with Gasteiger partial charge in [-0.15, -0.1) is 0 Å². The maximum Gasteiger partial charge on any atom is 0.255 e. The summed E-state index contributed by atoms with van der Waals surface area (Å²) in [4.78, 5) is 25.5.